The zero-order valence-electron chi connectivity index (χ0n) is 12.4. The van der Waals surface area contributed by atoms with Crippen LogP contribution < -0.4 is 10.2 Å². The molecule has 20 heavy (non-hydrogen) atoms. The van der Waals surface area contributed by atoms with E-state index < -0.39 is 0 Å². The molecule has 2 fully saturated rings. The molecule has 0 aromatic heterocycles. The van der Waals surface area contributed by atoms with Crippen molar-refractivity contribution in [3.63, 3.8) is 0 Å². The number of nitrogens with one attached hydrogen (secondary N) is 1. The van der Waals surface area contributed by atoms with Crippen LogP contribution in [0.15, 0.2) is 22.7 Å². The summed E-state index contributed by atoms with van der Waals surface area (Å²) < 4.78 is 1.20. The maximum absolute atomic E-state index is 3.83. The molecule has 1 saturated carbocycles. The van der Waals surface area contributed by atoms with Crippen LogP contribution in [0.2, 0.25) is 0 Å². The number of benzene rings is 1. The Hall–Kier alpha value is -0.540. The molecule has 110 valence electrons. The van der Waals surface area contributed by atoms with E-state index in [0.29, 0.717) is 5.54 Å². The minimum absolute atomic E-state index is 0.384. The van der Waals surface area contributed by atoms with Gasteiger partial charge in [0.25, 0.3) is 0 Å². The number of rotatable bonds is 2. The molecule has 2 nitrogen and oxygen atoms in total. The second-order valence-electron chi connectivity index (χ2n) is 6.32. The van der Waals surface area contributed by atoms with E-state index in [4.69, 9.17) is 0 Å². The molecule has 1 saturated heterocycles. The second-order valence-corrected chi connectivity index (χ2v) is 7.23. The first kappa shape index (κ1) is 14.4. The minimum atomic E-state index is 0.384. The molecule has 0 bridgehead atoms. The van der Waals surface area contributed by atoms with E-state index in [1.54, 1.807) is 0 Å². The van der Waals surface area contributed by atoms with E-state index in [1.807, 2.05) is 0 Å². The number of nitrogens with zero attached hydrogens (tertiary/aromatic N) is 1. The average molecular weight is 337 g/mol. The summed E-state index contributed by atoms with van der Waals surface area (Å²) >= 11 is 3.60. The Kier molecular flexibility index (Phi) is 4.37. The molecule has 3 rings (SSSR count). The highest BCUT2D eigenvalue weighted by molar-refractivity contribution is 9.10. The monoisotopic (exact) mass is 336 g/mol. The summed E-state index contributed by atoms with van der Waals surface area (Å²) in [6.45, 7) is 5.70. The fourth-order valence-electron chi connectivity index (χ4n) is 3.87. The van der Waals surface area contributed by atoms with Gasteiger partial charge in [-0.2, -0.15) is 0 Å². The zero-order valence-corrected chi connectivity index (χ0v) is 14.0. The van der Waals surface area contributed by atoms with Gasteiger partial charge in [-0.1, -0.05) is 42.1 Å². The lowest BCUT2D eigenvalue weighted by Crippen LogP contribution is -2.61. The number of hydrogen-bond donors (Lipinski definition) is 1. The van der Waals surface area contributed by atoms with Gasteiger partial charge in [0, 0.05) is 35.3 Å². The number of piperazine rings is 1. The van der Waals surface area contributed by atoms with Crippen LogP contribution in [0.4, 0.5) is 5.69 Å². The standard InChI is InChI=1S/C17H25BrN2/c1-2-14-12-15(18)6-7-16(14)20-11-10-19-17(13-20)8-4-3-5-9-17/h6-7,12,19H,2-5,8-11,13H2,1H3. The van der Waals surface area contributed by atoms with Crippen LogP contribution in [-0.4, -0.2) is 25.2 Å². The third-order valence-electron chi connectivity index (χ3n) is 4.95. The van der Waals surface area contributed by atoms with Crippen molar-refractivity contribution in [1.82, 2.24) is 5.32 Å². The highest BCUT2D eigenvalue weighted by atomic mass is 79.9. The maximum Gasteiger partial charge on any atom is 0.0400 e. The zero-order chi connectivity index (χ0) is 14.0. The van der Waals surface area contributed by atoms with Gasteiger partial charge in [0.05, 0.1) is 0 Å². The summed E-state index contributed by atoms with van der Waals surface area (Å²) in [6.07, 6.45) is 8.00. The van der Waals surface area contributed by atoms with Crippen molar-refractivity contribution in [3.8, 4) is 0 Å². The topological polar surface area (TPSA) is 15.3 Å². The van der Waals surface area contributed by atoms with Gasteiger partial charge in [0.2, 0.25) is 0 Å². The molecule has 1 heterocycles. The molecule has 0 atom stereocenters. The van der Waals surface area contributed by atoms with E-state index in [1.165, 1.54) is 54.4 Å². The molecule has 3 heteroatoms. The number of anilines is 1. The van der Waals surface area contributed by atoms with E-state index >= 15 is 0 Å². The smallest absolute Gasteiger partial charge is 0.0400 e. The summed E-state index contributed by atoms with van der Waals surface area (Å²) in [6, 6.07) is 6.76. The Bertz CT molecular complexity index is 461. The Morgan fingerprint density at radius 2 is 2.05 bits per heavy atom. The van der Waals surface area contributed by atoms with E-state index in [2.05, 4.69) is 51.3 Å². The van der Waals surface area contributed by atoms with E-state index in [9.17, 15) is 0 Å². The van der Waals surface area contributed by atoms with Gasteiger partial charge in [0.15, 0.2) is 0 Å². The molecule has 1 spiro atoms. The first-order chi connectivity index (χ1) is 9.72. The maximum atomic E-state index is 3.83. The van der Waals surface area contributed by atoms with Gasteiger partial charge in [-0.25, -0.2) is 0 Å². The molecule has 1 N–H and O–H groups in total. The first-order valence-corrected chi connectivity index (χ1v) is 8.80. The van der Waals surface area contributed by atoms with Crippen molar-refractivity contribution in [2.24, 2.45) is 0 Å². The van der Waals surface area contributed by atoms with E-state index in [0.717, 1.165) is 19.5 Å². The van der Waals surface area contributed by atoms with Crippen LogP contribution in [0.5, 0.6) is 0 Å². The van der Waals surface area contributed by atoms with Gasteiger partial charge in [-0.15, -0.1) is 0 Å². The average Bonchev–Trinajstić information content (AvgIpc) is 2.48. The molecular weight excluding hydrogens is 312 g/mol. The van der Waals surface area contributed by atoms with Gasteiger partial charge >= 0.3 is 0 Å². The van der Waals surface area contributed by atoms with Crippen LogP contribution in [0.3, 0.4) is 0 Å². The quantitative estimate of drug-likeness (QED) is 0.873. The van der Waals surface area contributed by atoms with Crippen LogP contribution >= 0.6 is 15.9 Å². The second kappa shape index (κ2) is 6.07. The SMILES string of the molecule is CCc1cc(Br)ccc1N1CCNC2(CCCCC2)C1. The van der Waals surface area contributed by atoms with Crippen molar-refractivity contribution >= 4 is 21.6 Å². The molecule has 2 aliphatic rings. The van der Waals surface area contributed by atoms with Gasteiger partial charge in [0.1, 0.15) is 0 Å². The highest BCUT2D eigenvalue weighted by Crippen LogP contribution is 2.34. The van der Waals surface area contributed by atoms with E-state index in [-0.39, 0.29) is 0 Å². The number of halogens is 1. The summed E-state index contributed by atoms with van der Waals surface area (Å²) in [5.41, 5.74) is 3.29. The Labute approximate surface area is 131 Å². The predicted molar refractivity (Wildman–Crippen MR) is 89.6 cm³/mol. The third-order valence-corrected chi connectivity index (χ3v) is 5.44. The molecular formula is C17H25BrN2. The fourth-order valence-corrected chi connectivity index (χ4v) is 4.28. The summed E-state index contributed by atoms with van der Waals surface area (Å²) in [7, 11) is 0. The molecule has 1 aliphatic carbocycles. The first-order valence-electron chi connectivity index (χ1n) is 8.01. The number of aryl methyl sites for hydroxylation is 1. The molecule has 0 unspecified atom stereocenters. The van der Waals surface area contributed by atoms with Gasteiger partial charge < -0.3 is 10.2 Å². The fraction of sp³-hybridized carbons (Fsp3) is 0.647. The molecule has 1 aromatic carbocycles. The lowest BCUT2D eigenvalue weighted by Gasteiger charge is -2.47. The molecule has 1 aliphatic heterocycles. The highest BCUT2D eigenvalue weighted by Gasteiger charge is 2.36. The molecule has 0 radical (unpaired) electrons. The largest absolute Gasteiger partial charge is 0.368 e. The van der Waals surface area contributed by atoms with Crippen LogP contribution in [-0.2, 0) is 6.42 Å². The van der Waals surface area contributed by atoms with Gasteiger partial charge in [-0.3, -0.25) is 0 Å². The Balaban J connectivity index is 1.83. The van der Waals surface area contributed by atoms with Crippen molar-refractivity contribution in [3.05, 3.63) is 28.2 Å². The lowest BCUT2D eigenvalue weighted by molar-refractivity contribution is 0.216. The Morgan fingerprint density at radius 1 is 1.25 bits per heavy atom. The van der Waals surface area contributed by atoms with Crippen molar-refractivity contribution in [2.75, 3.05) is 24.5 Å². The van der Waals surface area contributed by atoms with Gasteiger partial charge in [-0.05, 0) is 43.0 Å². The lowest BCUT2D eigenvalue weighted by atomic mass is 9.80. The molecule has 1 aromatic rings. The Morgan fingerprint density at radius 3 is 2.80 bits per heavy atom. The van der Waals surface area contributed by atoms with Crippen LogP contribution in [0.25, 0.3) is 0 Å². The summed E-state index contributed by atoms with van der Waals surface area (Å²) in [5, 5.41) is 3.83. The van der Waals surface area contributed by atoms with Crippen LogP contribution in [0.1, 0.15) is 44.6 Å². The minimum Gasteiger partial charge on any atom is -0.368 e. The van der Waals surface area contributed by atoms with Crippen LogP contribution in [0, 0.1) is 0 Å². The van der Waals surface area contributed by atoms with Crippen molar-refractivity contribution in [1.29, 1.82) is 0 Å². The third kappa shape index (κ3) is 2.89. The van der Waals surface area contributed by atoms with Crippen molar-refractivity contribution in [2.45, 2.75) is 51.0 Å². The number of hydrogen-bond acceptors (Lipinski definition) is 2. The predicted octanol–water partition coefficient (Wildman–Crippen LogP) is 4.12. The normalized spacial score (nSPS) is 22.2. The van der Waals surface area contributed by atoms with Crippen molar-refractivity contribution < 1.29 is 0 Å². The summed E-state index contributed by atoms with van der Waals surface area (Å²) in [4.78, 5) is 2.62. The summed E-state index contributed by atoms with van der Waals surface area (Å²) in [5.74, 6) is 0. The molecule has 0 amide bonds.